The molecule has 1 saturated heterocycles. The zero-order valence-corrected chi connectivity index (χ0v) is 12.6. The van der Waals surface area contributed by atoms with Crippen molar-refractivity contribution < 1.29 is 48.6 Å². The molecule has 0 aromatic heterocycles. The molecule has 24 heavy (non-hydrogen) atoms. The molecule has 0 aliphatic carbocycles. The largest absolute Gasteiger partial charge is 0.462 e. The van der Waals surface area contributed by atoms with Gasteiger partial charge in [-0.1, -0.05) is 0 Å². The van der Waals surface area contributed by atoms with E-state index in [4.69, 9.17) is 11.6 Å². The number of alkyl halides is 11. The van der Waals surface area contributed by atoms with Gasteiger partial charge in [0.05, 0.1) is 11.4 Å². The van der Waals surface area contributed by atoms with Crippen molar-refractivity contribution in [3.63, 3.8) is 0 Å². The Labute approximate surface area is 133 Å². The Morgan fingerprint density at radius 3 is 1.58 bits per heavy atom. The fourth-order valence-corrected chi connectivity index (χ4v) is 2.27. The van der Waals surface area contributed by atoms with Crippen molar-refractivity contribution >= 4 is 11.6 Å². The molecule has 0 spiro atoms. The van der Waals surface area contributed by atoms with Crippen molar-refractivity contribution in [3.8, 4) is 0 Å². The molecule has 144 valence electrons. The van der Waals surface area contributed by atoms with E-state index in [0.717, 1.165) is 0 Å². The van der Waals surface area contributed by atoms with Gasteiger partial charge in [0.25, 0.3) is 0 Å². The maximum Gasteiger partial charge on any atom is 0.462 e. The lowest BCUT2D eigenvalue weighted by molar-refractivity contribution is -0.463. The molecule has 0 aromatic carbocycles. The molecule has 0 unspecified atom stereocenters. The van der Waals surface area contributed by atoms with Crippen LogP contribution < -0.4 is 10.9 Å². The van der Waals surface area contributed by atoms with Gasteiger partial charge in [-0.2, -0.15) is 43.9 Å². The molecule has 1 heterocycles. The van der Waals surface area contributed by atoms with Gasteiger partial charge in [-0.15, -0.1) is 11.6 Å². The standard InChI is InChI=1S/C10H11ClF10N2O/c1-3-4(11)5(23-22-3)6(2,8(14,15)16)24-10(20,21)7(12,13)9(17,18)19/h3-5,22-23H,1-2H3/t3-,4-,5-,6+/m1/s1. The molecule has 1 fully saturated rings. The molecule has 0 saturated carbocycles. The van der Waals surface area contributed by atoms with Gasteiger partial charge in [0.2, 0.25) is 0 Å². The maximum atomic E-state index is 13.3. The number of rotatable bonds is 4. The highest BCUT2D eigenvalue weighted by atomic mass is 35.5. The quantitative estimate of drug-likeness (QED) is 0.559. The highest BCUT2D eigenvalue weighted by molar-refractivity contribution is 6.21. The number of halogens is 11. The summed E-state index contributed by atoms with van der Waals surface area (Å²) in [7, 11) is 0. The first-order valence-corrected chi connectivity index (χ1v) is 6.56. The number of hydrogen-bond acceptors (Lipinski definition) is 3. The molecule has 4 atom stereocenters. The Hall–Kier alpha value is -0.530. The van der Waals surface area contributed by atoms with Crippen LogP contribution in [0.5, 0.6) is 0 Å². The summed E-state index contributed by atoms with van der Waals surface area (Å²) in [6.07, 6.45) is -19.1. The smallest absolute Gasteiger partial charge is 0.298 e. The first kappa shape index (κ1) is 21.5. The molecule has 14 heteroatoms. The Balaban J connectivity index is 3.30. The number of nitrogens with one attached hydrogen (secondary N) is 2. The van der Waals surface area contributed by atoms with Gasteiger partial charge >= 0.3 is 24.4 Å². The molecule has 0 radical (unpaired) electrons. The van der Waals surface area contributed by atoms with E-state index in [1.807, 2.05) is 5.43 Å². The molecule has 3 nitrogen and oxygen atoms in total. The van der Waals surface area contributed by atoms with E-state index in [9.17, 15) is 43.9 Å². The van der Waals surface area contributed by atoms with Crippen LogP contribution in [0.2, 0.25) is 0 Å². The van der Waals surface area contributed by atoms with E-state index >= 15 is 0 Å². The van der Waals surface area contributed by atoms with Crippen LogP contribution in [0.1, 0.15) is 13.8 Å². The van der Waals surface area contributed by atoms with E-state index < -0.39 is 47.4 Å². The van der Waals surface area contributed by atoms with Crippen LogP contribution in [-0.4, -0.2) is 47.4 Å². The number of ether oxygens (including phenoxy) is 1. The second-order valence-corrected chi connectivity index (χ2v) is 5.80. The third kappa shape index (κ3) is 3.40. The van der Waals surface area contributed by atoms with E-state index in [1.54, 1.807) is 0 Å². The van der Waals surface area contributed by atoms with Gasteiger partial charge in [-0.05, 0) is 13.8 Å². The summed E-state index contributed by atoms with van der Waals surface area (Å²) in [5.74, 6) is -6.86. The normalized spacial score (nSPS) is 29.6. The van der Waals surface area contributed by atoms with E-state index in [1.165, 1.54) is 6.92 Å². The number of hydrazine groups is 1. The lowest BCUT2D eigenvalue weighted by Crippen LogP contribution is -2.66. The van der Waals surface area contributed by atoms with Crippen LogP contribution >= 0.6 is 11.6 Å². The Kier molecular flexibility index (Phi) is 5.40. The minimum absolute atomic E-state index is 0.0971. The minimum Gasteiger partial charge on any atom is -0.298 e. The summed E-state index contributed by atoms with van der Waals surface area (Å²) in [6.45, 7) is 1.13. The zero-order valence-electron chi connectivity index (χ0n) is 11.8. The topological polar surface area (TPSA) is 33.3 Å². The van der Waals surface area contributed by atoms with Crippen molar-refractivity contribution in [1.82, 2.24) is 10.9 Å². The third-order valence-electron chi connectivity index (χ3n) is 3.48. The average molecular weight is 401 g/mol. The van der Waals surface area contributed by atoms with Gasteiger partial charge in [-0.25, -0.2) is 5.43 Å². The second-order valence-electron chi connectivity index (χ2n) is 5.30. The van der Waals surface area contributed by atoms with Crippen molar-refractivity contribution in [2.75, 3.05) is 0 Å². The van der Waals surface area contributed by atoms with E-state index in [0.29, 0.717) is 0 Å². The Bertz CT molecular complexity index is 468. The fourth-order valence-electron chi connectivity index (χ4n) is 1.90. The lowest BCUT2D eigenvalue weighted by atomic mass is 9.91. The molecular formula is C10H11ClF10N2O. The van der Waals surface area contributed by atoms with Crippen LogP contribution in [0.25, 0.3) is 0 Å². The van der Waals surface area contributed by atoms with Crippen molar-refractivity contribution in [1.29, 1.82) is 0 Å². The predicted octanol–water partition coefficient (Wildman–Crippen LogP) is 3.59. The lowest BCUT2D eigenvalue weighted by Gasteiger charge is -2.41. The molecule has 1 aliphatic heterocycles. The second kappa shape index (κ2) is 6.02. The van der Waals surface area contributed by atoms with Gasteiger partial charge in [0.1, 0.15) is 0 Å². The predicted molar refractivity (Wildman–Crippen MR) is 60.7 cm³/mol. The van der Waals surface area contributed by atoms with Crippen LogP contribution in [0.15, 0.2) is 0 Å². The Morgan fingerprint density at radius 1 is 0.833 bits per heavy atom. The monoisotopic (exact) mass is 400 g/mol. The summed E-state index contributed by atoms with van der Waals surface area (Å²) < 4.78 is 131. The minimum atomic E-state index is -6.86. The summed E-state index contributed by atoms with van der Waals surface area (Å²) in [5, 5.41) is -1.60. The van der Waals surface area contributed by atoms with Crippen LogP contribution in [0.3, 0.4) is 0 Å². The first-order valence-electron chi connectivity index (χ1n) is 6.13. The molecule has 2 N–H and O–H groups in total. The SMILES string of the molecule is C[C@H]1NN[C@@H]([C@](C)(OC(F)(F)C(F)(F)C(F)(F)F)C(F)(F)F)[C@@H]1Cl. The van der Waals surface area contributed by atoms with Crippen LogP contribution in [0.4, 0.5) is 43.9 Å². The van der Waals surface area contributed by atoms with Gasteiger partial charge in [0, 0.05) is 6.04 Å². The van der Waals surface area contributed by atoms with Crippen molar-refractivity contribution in [3.05, 3.63) is 0 Å². The summed E-state index contributed by atoms with van der Waals surface area (Å²) in [6, 6.07) is -3.22. The first-order chi connectivity index (χ1) is 10.4. The highest BCUT2D eigenvalue weighted by Gasteiger charge is 2.78. The van der Waals surface area contributed by atoms with Crippen molar-refractivity contribution in [2.45, 2.75) is 61.3 Å². The fraction of sp³-hybridized carbons (Fsp3) is 1.00. The van der Waals surface area contributed by atoms with Gasteiger partial charge in [0.15, 0.2) is 5.60 Å². The molecule has 0 aromatic rings. The summed E-state index contributed by atoms with van der Waals surface area (Å²) in [4.78, 5) is 0. The molecular weight excluding hydrogens is 390 g/mol. The van der Waals surface area contributed by atoms with E-state index in [-0.39, 0.29) is 6.92 Å². The average Bonchev–Trinajstić information content (AvgIpc) is 2.66. The van der Waals surface area contributed by atoms with Crippen LogP contribution in [-0.2, 0) is 4.74 Å². The molecule has 1 rings (SSSR count). The third-order valence-corrected chi connectivity index (χ3v) is 4.11. The Morgan fingerprint density at radius 2 is 1.29 bits per heavy atom. The van der Waals surface area contributed by atoms with Crippen molar-refractivity contribution in [2.24, 2.45) is 0 Å². The summed E-state index contributed by atoms with van der Waals surface area (Å²) >= 11 is 5.59. The maximum absolute atomic E-state index is 13.3. The highest BCUT2D eigenvalue weighted by Crippen LogP contribution is 2.51. The molecule has 0 amide bonds. The van der Waals surface area contributed by atoms with Gasteiger partial charge in [-0.3, -0.25) is 10.2 Å². The molecule has 1 aliphatic rings. The van der Waals surface area contributed by atoms with Crippen LogP contribution in [0, 0.1) is 0 Å². The summed E-state index contributed by atoms with van der Waals surface area (Å²) in [5.41, 5.74) is -0.192. The van der Waals surface area contributed by atoms with Gasteiger partial charge < -0.3 is 0 Å². The van der Waals surface area contributed by atoms with E-state index in [2.05, 4.69) is 10.2 Å². The number of hydrogen-bond donors (Lipinski definition) is 2. The molecule has 0 bridgehead atoms. The zero-order chi connectivity index (χ0) is 19.4.